The fraction of sp³-hybridized carbons (Fsp3) is 0.391. The number of amides is 2. The van der Waals surface area contributed by atoms with Crippen LogP contribution in [-0.2, 0) is 11.3 Å². The summed E-state index contributed by atoms with van der Waals surface area (Å²) in [5.41, 5.74) is 1.39. The van der Waals surface area contributed by atoms with Crippen molar-refractivity contribution in [3.05, 3.63) is 59.7 Å². The van der Waals surface area contributed by atoms with E-state index >= 15 is 0 Å². The molecule has 1 fully saturated rings. The van der Waals surface area contributed by atoms with E-state index in [0.717, 1.165) is 11.3 Å². The van der Waals surface area contributed by atoms with E-state index in [2.05, 4.69) is 0 Å². The van der Waals surface area contributed by atoms with Crippen LogP contribution < -0.4 is 9.47 Å². The number of carbonyl (C=O) groups is 2. The summed E-state index contributed by atoms with van der Waals surface area (Å²) < 4.78 is 16.6. The summed E-state index contributed by atoms with van der Waals surface area (Å²) >= 11 is 0. The predicted octanol–water partition coefficient (Wildman–Crippen LogP) is 3.58. The summed E-state index contributed by atoms with van der Waals surface area (Å²) in [4.78, 5) is 28.2. The van der Waals surface area contributed by atoms with Crippen molar-refractivity contribution in [2.75, 3.05) is 39.4 Å². The van der Waals surface area contributed by atoms with Gasteiger partial charge in [0.1, 0.15) is 18.1 Å². The van der Waals surface area contributed by atoms with Crippen LogP contribution in [0.1, 0.15) is 29.8 Å². The van der Waals surface area contributed by atoms with Gasteiger partial charge in [-0.15, -0.1) is 0 Å². The molecule has 0 bridgehead atoms. The Bertz CT molecular complexity index is 848. The molecule has 1 aliphatic heterocycles. The summed E-state index contributed by atoms with van der Waals surface area (Å²) in [6.45, 7) is 6.75. The molecule has 1 saturated heterocycles. The van der Waals surface area contributed by atoms with E-state index in [1.807, 2.05) is 49.4 Å². The molecule has 7 nitrogen and oxygen atoms in total. The van der Waals surface area contributed by atoms with Gasteiger partial charge in [-0.25, -0.2) is 4.79 Å². The molecule has 7 heteroatoms. The standard InChI is InChI=1S/C23H28N2O5/c1-3-28-21-11-10-18(16-19(21)17-30-20-8-6-5-7-9-20)22(26)24-12-14-25(15-13-24)23(27)29-4-2/h5-11,16H,3-4,12-15,17H2,1-2H3. The Balaban J connectivity index is 1.68. The van der Waals surface area contributed by atoms with E-state index in [-0.39, 0.29) is 12.0 Å². The van der Waals surface area contributed by atoms with Gasteiger partial charge in [0, 0.05) is 37.3 Å². The minimum Gasteiger partial charge on any atom is -0.493 e. The first kappa shape index (κ1) is 21.5. The maximum absolute atomic E-state index is 13.0. The molecular formula is C23H28N2O5. The molecule has 2 aromatic rings. The zero-order chi connectivity index (χ0) is 21.3. The zero-order valence-corrected chi connectivity index (χ0v) is 17.5. The first-order valence-corrected chi connectivity index (χ1v) is 10.3. The van der Waals surface area contributed by atoms with Crippen molar-refractivity contribution >= 4 is 12.0 Å². The Morgan fingerprint density at radius 3 is 2.23 bits per heavy atom. The van der Waals surface area contributed by atoms with Gasteiger partial charge in [-0.3, -0.25) is 4.79 Å². The third kappa shape index (κ3) is 5.43. The number of carbonyl (C=O) groups excluding carboxylic acids is 2. The topological polar surface area (TPSA) is 68.3 Å². The average Bonchev–Trinajstić information content (AvgIpc) is 2.79. The number of ether oxygens (including phenoxy) is 3. The Labute approximate surface area is 177 Å². The van der Waals surface area contributed by atoms with Crippen LogP contribution in [0, 0.1) is 0 Å². The van der Waals surface area contributed by atoms with Crippen LogP contribution in [0.25, 0.3) is 0 Å². The van der Waals surface area contributed by atoms with Crippen molar-refractivity contribution in [2.24, 2.45) is 0 Å². The molecular weight excluding hydrogens is 384 g/mol. The highest BCUT2D eigenvalue weighted by Crippen LogP contribution is 2.24. The molecule has 1 heterocycles. The lowest BCUT2D eigenvalue weighted by Crippen LogP contribution is -2.50. The zero-order valence-electron chi connectivity index (χ0n) is 17.5. The van der Waals surface area contributed by atoms with Crippen molar-refractivity contribution in [2.45, 2.75) is 20.5 Å². The lowest BCUT2D eigenvalue weighted by molar-refractivity contribution is 0.0570. The second-order valence-electron chi connectivity index (χ2n) is 6.84. The van der Waals surface area contributed by atoms with Gasteiger partial charge in [-0.05, 0) is 44.2 Å². The van der Waals surface area contributed by atoms with Gasteiger partial charge in [0.25, 0.3) is 5.91 Å². The van der Waals surface area contributed by atoms with Crippen LogP contribution in [-0.4, -0.2) is 61.2 Å². The summed E-state index contributed by atoms with van der Waals surface area (Å²) in [6.07, 6.45) is -0.328. The molecule has 0 saturated carbocycles. The van der Waals surface area contributed by atoms with Crippen molar-refractivity contribution in [3.63, 3.8) is 0 Å². The highest BCUT2D eigenvalue weighted by molar-refractivity contribution is 5.94. The van der Waals surface area contributed by atoms with Crippen LogP contribution in [0.4, 0.5) is 4.79 Å². The third-order valence-corrected chi connectivity index (χ3v) is 4.84. The van der Waals surface area contributed by atoms with Gasteiger partial charge in [-0.2, -0.15) is 0 Å². The highest BCUT2D eigenvalue weighted by atomic mass is 16.6. The van der Waals surface area contributed by atoms with Crippen LogP contribution in [0.15, 0.2) is 48.5 Å². The van der Waals surface area contributed by atoms with Gasteiger partial charge >= 0.3 is 6.09 Å². The maximum atomic E-state index is 13.0. The molecule has 160 valence electrons. The number of hydrogen-bond donors (Lipinski definition) is 0. The summed E-state index contributed by atoms with van der Waals surface area (Å²) in [7, 11) is 0. The van der Waals surface area contributed by atoms with E-state index < -0.39 is 0 Å². The quantitative estimate of drug-likeness (QED) is 0.695. The Morgan fingerprint density at radius 1 is 0.867 bits per heavy atom. The molecule has 3 rings (SSSR count). The van der Waals surface area contributed by atoms with Crippen LogP contribution in [0.2, 0.25) is 0 Å². The molecule has 1 aliphatic rings. The molecule has 0 aromatic heterocycles. The Kier molecular flexibility index (Phi) is 7.54. The molecule has 0 unspecified atom stereocenters. The number of rotatable bonds is 7. The fourth-order valence-corrected chi connectivity index (χ4v) is 3.29. The summed E-state index contributed by atoms with van der Waals surface area (Å²) in [5.74, 6) is 1.39. The van der Waals surface area contributed by atoms with Crippen molar-refractivity contribution in [3.8, 4) is 11.5 Å². The van der Waals surface area contributed by atoms with Gasteiger partial charge in [-0.1, -0.05) is 18.2 Å². The fourth-order valence-electron chi connectivity index (χ4n) is 3.29. The van der Waals surface area contributed by atoms with E-state index in [0.29, 0.717) is 57.3 Å². The minimum absolute atomic E-state index is 0.0671. The molecule has 30 heavy (non-hydrogen) atoms. The van der Waals surface area contributed by atoms with Gasteiger partial charge in [0.05, 0.1) is 13.2 Å². The normalized spacial score (nSPS) is 13.7. The smallest absolute Gasteiger partial charge is 0.409 e. The second kappa shape index (κ2) is 10.5. The minimum atomic E-state index is -0.328. The molecule has 2 aromatic carbocycles. The average molecular weight is 412 g/mol. The lowest BCUT2D eigenvalue weighted by atomic mass is 10.1. The largest absolute Gasteiger partial charge is 0.493 e. The highest BCUT2D eigenvalue weighted by Gasteiger charge is 2.26. The van der Waals surface area contributed by atoms with Gasteiger partial charge < -0.3 is 24.0 Å². The monoisotopic (exact) mass is 412 g/mol. The lowest BCUT2D eigenvalue weighted by Gasteiger charge is -2.34. The Morgan fingerprint density at radius 2 is 1.57 bits per heavy atom. The van der Waals surface area contributed by atoms with E-state index in [4.69, 9.17) is 14.2 Å². The first-order valence-electron chi connectivity index (χ1n) is 10.3. The van der Waals surface area contributed by atoms with Gasteiger partial charge in [0.2, 0.25) is 0 Å². The van der Waals surface area contributed by atoms with E-state index in [1.54, 1.807) is 22.8 Å². The number of para-hydroxylation sites is 1. The number of benzene rings is 2. The molecule has 0 aliphatic carbocycles. The number of piperazine rings is 1. The predicted molar refractivity (Wildman–Crippen MR) is 113 cm³/mol. The van der Waals surface area contributed by atoms with E-state index in [9.17, 15) is 9.59 Å². The van der Waals surface area contributed by atoms with Crippen LogP contribution in [0.3, 0.4) is 0 Å². The van der Waals surface area contributed by atoms with Crippen molar-refractivity contribution in [1.82, 2.24) is 9.80 Å². The molecule has 2 amide bonds. The Hall–Kier alpha value is -3.22. The molecule has 0 N–H and O–H groups in total. The SMILES string of the molecule is CCOC(=O)N1CCN(C(=O)c2ccc(OCC)c(COc3ccccc3)c2)CC1. The molecule has 0 radical (unpaired) electrons. The van der Waals surface area contributed by atoms with Crippen molar-refractivity contribution in [1.29, 1.82) is 0 Å². The molecule has 0 atom stereocenters. The first-order chi connectivity index (χ1) is 14.6. The van der Waals surface area contributed by atoms with Crippen LogP contribution >= 0.6 is 0 Å². The summed E-state index contributed by atoms with van der Waals surface area (Å²) in [5, 5.41) is 0. The molecule has 0 spiro atoms. The maximum Gasteiger partial charge on any atom is 0.409 e. The van der Waals surface area contributed by atoms with Crippen molar-refractivity contribution < 1.29 is 23.8 Å². The number of hydrogen-bond acceptors (Lipinski definition) is 5. The van der Waals surface area contributed by atoms with Gasteiger partial charge in [0.15, 0.2) is 0 Å². The van der Waals surface area contributed by atoms with E-state index in [1.165, 1.54) is 0 Å². The third-order valence-electron chi connectivity index (χ3n) is 4.84. The summed E-state index contributed by atoms with van der Waals surface area (Å²) in [6, 6.07) is 14.9. The number of nitrogens with zero attached hydrogens (tertiary/aromatic N) is 2. The van der Waals surface area contributed by atoms with Crippen LogP contribution in [0.5, 0.6) is 11.5 Å². The second-order valence-corrected chi connectivity index (χ2v) is 6.84.